The molecule has 0 radical (unpaired) electrons. The standard InChI is InChI=1S/C14H20N2O2.2C2H6/c17-16(18)14-6-4-5-13(7-8-14)9-12-15-10-2-1-3-11-15;2*1-2/h4,6-8H,1-3,5,9-12H2;2*1-2H3. The predicted octanol–water partition coefficient (Wildman–Crippen LogP) is 4.96. The monoisotopic (exact) mass is 308 g/mol. The van der Waals surface area contributed by atoms with Crippen LogP contribution in [0.1, 0.15) is 59.8 Å². The van der Waals surface area contributed by atoms with Crippen molar-refractivity contribution in [1.82, 2.24) is 4.90 Å². The van der Waals surface area contributed by atoms with Crippen LogP contribution in [0.5, 0.6) is 0 Å². The van der Waals surface area contributed by atoms with E-state index in [1.54, 1.807) is 12.2 Å². The molecule has 0 spiro atoms. The minimum atomic E-state index is -0.333. The summed E-state index contributed by atoms with van der Waals surface area (Å²) in [6.45, 7) is 11.5. The molecule has 0 atom stereocenters. The second-order valence-electron chi connectivity index (χ2n) is 4.93. The lowest BCUT2D eigenvalue weighted by Gasteiger charge is -2.26. The Balaban J connectivity index is 0.00000102. The second kappa shape index (κ2) is 13.3. The van der Waals surface area contributed by atoms with Crippen molar-refractivity contribution in [2.24, 2.45) is 0 Å². The van der Waals surface area contributed by atoms with Gasteiger partial charge in [-0.25, -0.2) is 0 Å². The van der Waals surface area contributed by atoms with Gasteiger partial charge in [0, 0.05) is 18.7 Å². The molecule has 0 unspecified atom stereocenters. The van der Waals surface area contributed by atoms with E-state index in [0.717, 1.165) is 19.4 Å². The number of piperidine rings is 1. The molecule has 2 rings (SSSR count). The van der Waals surface area contributed by atoms with Crippen LogP contribution >= 0.6 is 0 Å². The van der Waals surface area contributed by atoms with E-state index in [-0.39, 0.29) is 10.6 Å². The van der Waals surface area contributed by atoms with Crippen LogP contribution in [-0.4, -0.2) is 29.5 Å². The largest absolute Gasteiger partial charge is 0.303 e. The Morgan fingerprint density at radius 2 is 1.73 bits per heavy atom. The van der Waals surface area contributed by atoms with Crippen molar-refractivity contribution in [3.63, 3.8) is 0 Å². The molecule has 1 aliphatic heterocycles. The Kier molecular flexibility index (Phi) is 12.4. The number of hydrogen-bond donors (Lipinski definition) is 0. The molecule has 4 heteroatoms. The lowest BCUT2D eigenvalue weighted by molar-refractivity contribution is -0.419. The molecular weight excluding hydrogens is 276 g/mol. The van der Waals surface area contributed by atoms with Crippen LogP contribution in [0.3, 0.4) is 0 Å². The van der Waals surface area contributed by atoms with E-state index in [9.17, 15) is 10.1 Å². The summed E-state index contributed by atoms with van der Waals surface area (Å²) in [5.74, 6) is 0. The maximum absolute atomic E-state index is 10.7. The summed E-state index contributed by atoms with van der Waals surface area (Å²) >= 11 is 0. The molecule has 0 N–H and O–H groups in total. The predicted molar refractivity (Wildman–Crippen MR) is 94.5 cm³/mol. The molecule has 2 aliphatic rings. The van der Waals surface area contributed by atoms with Gasteiger partial charge in [-0.3, -0.25) is 10.1 Å². The van der Waals surface area contributed by atoms with Crippen LogP contribution in [0.25, 0.3) is 0 Å². The number of allylic oxidation sites excluding steroid dienone is 4. The van der Waals surface area contributed by atoms with Crippen LogP contribution in [0.15, 0.2) is 35.6 Å². The number of likely N-dealkylation sites (tertiary alicyclic amines) is 1. The van der Waals surface area contributed by atoms with E-state index in [0.29, 0.717) is 0 Å². The van der Waals surface area contributed by atoms with Crippen LogP contribution in [0, 0.1) is 10.1 Å². The molecule has 22 heavy (non-hydrogen) atoms. The normalized spacial score (nSPS) is 17.8. The van der Waals surface area contributed by atoms with Crippen LogP contribution < -0.4 is 0 Å². The van der Waals surface area contributed by atoms with Gasteiger partial charge in [0.1, 0.15) is 0 Å². The lowest BCUT2D eigenvalue weighted by Crippen LogP contribution is -2.30. The molecular formula is C18H32N2O2. The van der Waals surface area contributed by atoms with E-state index >= 15 is 0 Å². The molecule has 0 aromatic heterocycles. The van der Waals surface area contributed by atoms with Crippen molar-refractivity contribution >= 4 is 0 Å². The zero-order valence-corrected chi connectivity index (χ0v) is 14.7. The number of hydrogen-bond acceptors (Lipinski definition) is 3. The number of rotatable bonds is 4. The molecule has 0 amide bonds. The summed E-state index contributed by atoms with van der Waals surface area (Å²) in [7, 11) is 0. The Hall–Kier alpha value is -1.42. The molecule has 0 aromatic carbocycles. The van der Waals surface area contributed by atoms with Crippen molar-refractivity contribution in [3.8, 4) is 0 Å². The lowest BCUT2D eigenvalue weighted by atomic mass is 10.1. The van der Waals surface area contributed by atoms with Gasteiger partial charge in [0.2, 0.25) is 0 Å². The van der Waals surface area contributed by atoms with Crippen molar-refractivity contribution in [2.45, 2.75) is 59.8 Å². The summed E-state index contributed by atoms with van der Waals surface area (Å²) < 4.78 is 0. The highest BCUT2D eigenvalue weighted by molar-refractivity contribution is 5.27. The quantitative estimate of drug-likeness (QED) is 0.544. The van der Waals surface area contributed by atoms with E-state index in [1.807, 2.05) is 39.8 Å². The summed E-state index contributed by atoms with van der Waals surface area (Å²) in [5.41, 5.74) is 1.47. The SMILES string of the molecule is CC.CC.O=[N+]([O-])C1=CC=C(CCN2CCCCC2)CC=C1. The Morgan fingerprint density at radius 1 is 1.09 bits per heavy atom. The topological polar surface area (TPSA) is 46.4 Å². The molecule has 0 aromatic rings. The van der Waals surface area contributed by atoms with Gasteiger partial charge in [-0.2, -0.15) is 0 Å². The number of nitro groups is 1. The van der Waals surface area contributed by atoms with Gasteiger partial charge in [-0.15, -0.1) is 0 Å². The van der Waals surface area contributed by atoms with E-state index in [2.05, 4.69) is 4.90 Å². The Labute approximate surface area is 135 Å². The van der Waals surface area contributed by atoms with Crippen molar-refractivity contribution in [1.29, 1.82) is 0 Å². The molecule has 1 saturated heterocycles. The summed E-state index contributed by atoms with van der Waals surface area (Å²) in [5, 5.41) is 10.7. The smallest absolute Gasteiger partial charge is 0.269 e. The fraction of sp³-hybridized carbons (Fsp3) is 0.667. The molecule has 126 valence electrons. The maximum Gasteiger partial charge on any atom is 0.269 e. The summed E-state index contributed by atoms with van der Waals surface area (Å²) in [4.78, 5) is 12.8. The minimum absolute atomic E-state index is 0.183. The van der Waals surface area contributed by atoms with Gasteiger partial charge in [-0.05, 0) is 38.8 Å². The first kappa shape index (κ1) is 20.6. The third kappa shape index (κ3) is 8.13. The third-order valence-electron chi connectivity index (χ3n) is 3.57. The molecule has 0 bridgehead atoms. The van der Waals surface area contributed by atoms with E-state index < -0.39 is 0 Å². The highest BCUT2D eigenvalue weighted by atomic mass is 16.6. The van der Waals surface area contributed by atoms with Crippen molar-refractivity contribution < 1.29 is 4.92 Å². The molecule has 1 aliphatic carbocycles. The van der Waals surface area contributed by atoms with Crippen molar-refractivity contribution in [3.05, 3.63) is 45.7 Å². The Bertz CT molecular complexity index is 392. The van der Waals surface area contributed by atoms with Gasteiger partial charge in [0.15, 0.2) is 0 Å². The summed E-state index contributed by atoms with van der Waals surface area (Å²) in [6.07, 6.45) is 12.9. The van der Waals surface area contributed by atoms with Crippen LogP contribution in [0.2, 0.25) is 0 Å². The fourth-order valence-corrected chi connectivity index (χ4v) is 2.45. The van der Waals surface area contributed by atoms with Gasteiger partial charge in [0.25, 0.3) is 5.70 Å². The van der Waals surface area contributed by atoms with Gasteiger partial charge in [-0.1, -0.05) is 51.8 Å². The van der Waals surface area contributed by atoms with Gasteiger partial charge >= 0.3 is 0 Å². The molecule has 1 heterocycles. The minimum Gasteiger partial charge on any atom is -0.303 e. The van der Waals surface area contributed by atoms with E-state index in [1.165, 1.54) is 37.9 Å². The van der Waals surface area contributed by atoms with Crippen LogP contribution in [0.4, 0.5) is 0 Å². The first-order chi connectivity index (χ1) is 10.8. The summed E-state index contributed by atoms with van der Waals surface area (Å²) in [6, 6.07) is 0. The first-order valence-electron chi connectivity index (χ1n) is 8.69. The Morgan fingerprint density at radius 3 is 2.32 bits per heavy atom. The highest BCUT2D eigenvalue weighted by Crippen LogP contribution is 2.17. The van der Waals surface area contributed by atoms with E-state index in [4.69, 9.17) is 0 Å². The maximum atomic E-state index is 10.7. The first-order valence-corrected chi connectivity index (χ1v) is 8.69. The molecule has 4 nitrogen and oxygen atoms in total. The average molecular weight is 308 g/mol. The average Bonchev–Trinajstić information content (AvgIpc) is 2.83. The zero-order valence-electron chi connectivity index (χ0n) is 14.7. The van der Waals surface area contributed by atoms with Gasteiger partial charge < -0.3 is 4.90 Å². The van der Waals surface area contributed by atoms with Crippen molar-refractivity contribution in [2.75, 3.05) is 19.6 Å². The fourth-order valence-electron chi connectivity index (χ4n) is 2.45. The molecule has 1 fully saturated rings. The van der Waals surface area contributed by atoms with Crippen LogP contribution in [-0.2, 0) is 0 Å². The highest BCUT2D eigenvalue weighted by Gasteiger charge is 2.11. The third-order valence-corrected chi connectivity index (χ3v) is 3.57. The molecule has 0 saturated carbocycles. The second-order valence-corrected chi connectivity index (χ2v) is 4.93. The number of nitrogens with zero attached hydrogens (tertiary/aromatic N) is 2. The zero-order chi connectivity index (χ0) is 16.8. The van der Waals surface area contributed by atoms with Gasteiger partial charge in [0.05, 0.1) is 4.92 Å².